The summed E-state index contributed by atoms with van der Waals surface area (Å²) >= 11 is 0. The Labute approximate surface area is 333 Å². The maximum Gasteiger partial charge on any atom is 0.0548 e. The summed E-state index contributed by atoms with van der Waals surface area (Å²) in [6.07, 6.45) is 0. The molecule has 0 radical (unpaired) electrons. The van der Waals surface area contributed by atoms with Gasteiger partial charge >= 0.3 is 0 Å². The first-order valence-corrected chi connectivity index (χ1v) is 19.9. The first kappa shape index (κ1) is 31.4. The number of benzene rings is 9. The van der Waals surface area contributed by atoms with E-state index in [1.54, 1.807) is 0 Å². The van der Waals surface area contributed by atoms with E-state index in [0.29, 0.717) is 0 Å². The highest BCUT2D eigenvalue weighted by Gasteiger charge is 2.21. The van der Waals surface area contributed by atoms with Crippen LogP contribution in [0.5, 0.6) is 0 Å². The van der Waals surface area contributed by atoms with Gasteiger partial charge in [0.15, 0.2) is 0 Å². The van der Waals surface area contributed by atoms with E-state index >= 15 is 0 Å². The summed E-state index contributed by atoms with van der Waals surface area (Å²) in [6.45, 7) is 0. The van der Waals surface area contributed by atoms with Gasteiger partial charge in [-0.1, -0.05) is 115 Å². The zero-order chi connectivity index (χ0) is 37.9. The van der Waals surface area contributed by atoms with Crippen LogP contribution >= 0.6 is 0 Å². The smallest absolute Gasteiger partial charge is 0.0548 e. The molecule has 0 spiro atoms. The molecule has 4 heterocycles. The molecule has 58 heavy (non-hydrogen) atoms. The van der Waals surface area contributed by atoms with Crippen molar-refractivity contribution in [1.82, 2.24) is 18.3 Å². The number of aromatic nitrogens is 4. The average molecular weight is 739 g/mol. The van der Waals surface area contributed by atoms with Crippen LogP contribution in [0.15, 0.2) is 206 Å². The van der Waals surface area contributed by atoms with Gasteiger partial charge in [-0.3, -0.25) is 0 Å². The topological polar surface area (TPSA) is 19.7 Å². The van der Waals surface area contributed by atoms with E-state index in [9.17, 15) is 0 Å². The number of fused-ring (bicyclic) bond motifs is 12. The van der Waals surface area contributed by atoms with Crippen LogP contribution in [0.2, 0.25) is 0 Å². The van der Waals surface area contributed by atoms with Crippen molar-refractivity contribution in [1.29, 1.82) is 0 Å². The van der Waals surface area contributed by atoms with Crippen molar-refractivity contribution in [2.75, 3.05) is 0 Å². The van der Waals surface area contributed by atoms with Crippen molar-refractivity contribution in [3.8, 4) is 22.7 Å². The molecular formula is C54H34N4. The van der Waals surface area contributed by atoms with Gasteiger partial charge in [-0.05, 0) is 91.0 Å². The molecule has 4 heteroatoms. The molecule has 0 aliphatic rings. The molecule has 13 rings (SSSR count). The fraction of sp³-hybridized carbons (Fsp3) is 0. The van der Waals surface area contributed by atoms with Crippen LogP contribution in [0.1, 0.15) is 0 Å². The average Bonchev–Trinajstić information content (AvgIpc) is 4.00. The van der Waals surface area contributed by atoms with E-state index in [1.165, 1.54) is 87.2 Å². The lowest BCUT2D eigenvalue weighted by atomic mass is 10.1. The monoisotopic (exact) mass is 738 g/mol. The Kier molecular flexibility index (Phi) is 6.41. The largest absolute Gasteiger partial charge is 0.309 e. The Morgan fingerprint density at radius 2 is 0.431 bits per heavy atom. The van der Waals surface area contributed by atoms with Crippen molar-refractivity contribution in [3.63, 3.8) is 0 Å². The summed E-state index contributed by atoms with van der Waals surface area (Å²) in [4.78, 5) is 0. The second kappa shape index (κ2) is 11.8. The number of rotatable bonds is 4. The quantitative estimate of drug-likeness (QED) is 0.171. The van der Waals surface area contributed by atoms with Gasteiger partial charge in [-0.2, -0.15) is 0 Å². The van der Waals surface area contributed by atoms with Crippen molar-refractivity contribution < 1.29 is 0 Å². The summed E-state index contributed by atoms with van der Waals surface area (Å²) in [6, 6.07) is 75.5. The summed E-state index contributed by atoms with van der Waals surface area (Å²) in [5, 5.41) is 9.94. The highest BCUT2D eigenvalue weighted by molar-refractivity contribution is 6.20. The molecule has 9 aromatic carbocycles. The van der Waals surface area contributed by atoms with Crippen LogP contribution in [0.25, 0.3) is 110 Å². The molecule has 0 aliphatic heterocycles. The minimum atomic E-state index is 1.13. The lowest BCUT2D eigenvalue weighted by Crippen LogP contribution is -1.98. The van der Waals surface area contributed by atoms with E-state index in [-0.39, 0.29) is 0 Å². The summed E-state index contributed by atoms with van der Waals surface area (Å²) in [5.74, 6) is 0. The molecule has 0 saturated carbocycles. The van der Waals surface area contributed by atoms with Crippen LogP contribution in [-0.2, 0) is 0 Å². The third kappa shape index (κ3) is 4.29. The molecular weight excluding hydrogens is 705 g/mol. The lowest BCUT2D eigenvalue weighted by Gasteiger charge is -2.13. The molecule has 0 N–H and O–H groups in total. The predicted molar refractivity (Wildman–Crippen MR) is 244 cm³/mol. The van der Waals surface area contributed by atoms with Crippen LogP contribution in [0.4, 0.5) is 0 Å². The van der Waals surface area contributed by atoms with Gasteiger partial charge in [0.05, 0.1) is 44.1 Å². The van der Waals surface area contributed by atoms with E-state index in [1.807, 2.05) is 0 Å². The number of nitrogens with zero attached hydrogens (tertiary/aromatic N) is 4. The Morgan fingerprint density at radius 1 is 0.172 bits per heavy atom. The van der Waals surface area contributed by atoms with Crippen LogP contribution < -0.4 is 0 Å². The molecule has 0 unspecified atom stereocenters. The third-order valence-corrected chi connectivity index (χ3v) is 12.3. The zero-order valence-electron chi connectivity index (χ0n) is 31.4. The van der Waals surface area contributed by atoms with Gasteiger partial charge in [-0.25, -0.2) is 0 Å². The van der Waals surface area contributed by atoms with Gasteiger partial charge in [0, 0.05) is 65.8 Å². The Morgan fingerprint density at radius 3 is 0.759 bits per heavy atom. The van der Waals surface area contributed by atoms with Crippen molar-refractivity contribution in [2.24, 2.45) is 0 Å². The van der Waals surface area contributed by atoms with Crippen molar-refractivity contribution in [3.05, 3.63) is 206 Å². The second-order valence-electron chi connectivity index (χ2n) is 15.4. The van der Waals surface area contributed by atoms with Gasteiger partial charge in [0.2, 0.25) is 0 Å². The number of hydrogen-bond donors (Lipinski definition) is 0. The lowest BCUT2D eigenvalue weighted by molar-refractivity contribution is 1.13. The molecule has 0 saturated heterocycles. The van der Waals surface area contributed by atoms with Gasteiger partial charge in [0.1, 0.15) is 0 Å². The maximum absolute atomic E-state index is 2.46. The van der Waals surface area contributed by atoms with Crippen LogP contribution in [-0.4, -0.2) is 18.3 Å². The number of hydrogen-bond acceptors (Lipinski definition) is 0. The SMILES string of the molecule is c1ccc(-n2c3ccccc3c3cc4c(cc32)c2ccccc2n4-c2cccc(-n3c4ccccc4c4cc5c(cc43)c3ccccc3n5-c3ccccc3)c2)cc1. The minimum absolute atomic E-state index is 1.13. The molecule has 4 aromatic heterocycles. The molecule has 0 fully saturated rings. The van der Waals surface area contributed by atoms with E-state index < -0.39 is 0 Å². The van der Waals surface area contributed by atoms with E-state index in [0.717, 1.165) is 22.7 Å². The number of para-hydroxylation sites is 6. The molecule has 0 atom stereocenters. The van der Waals surface area contributed by atoms with Gasteiger partial charge in [-0.15, -0.1) is 0 Å². The third-order valence-electron chi connectivity index (χ3n) is 12.3. The van der Waals surface area contributed by atoms with Crippen molar-refractivity contribution >= 4 is 87.2 Å². The fourth-order valence-corrected chi connectivity index (χ4v) is 9.90. The highest BCUT2D eigenvalue weighted by atomic mass is 15.0. The molecule has 0 aliphatic carbocycles. The van der Waals surface area contributed by atoms with Crippen molar-refractivity contribution in [2.45, 2.75) is 0 Å². The Bertz CT molecular complexity index is 3540. The predicted octanol–water partition coefficient (Wildman–Crippen LogP) is 14.1. The molecule has 0 amide bonds. The second-order valence-corrected chi connectivity index (χ2v) is 15.4. The Balaban J connectivity index is 1.08. The highest BCUT2D eigenvalue weighted by Crippen LogP contribution is 2.42. The van der Waals surface area contributed by atoms with E-state index in [2.05, 4.69) is 225 Å². The fourth-order valence-electron chi connectivity index (χ4n) is 9.90. The first-order chi connectivity index (χ1) is 28.8. The van der Waals surface area contributed by atoms with Gasteiger partial charge in [0.25, 0.3) is 0 Å². The summed E-state index contributed by atoms with van der Waals surface area (Å²) in [5.41, 5.74) is 14.2. The van der Waals surface area contributed by atoms with Crippen LogP contribution in [0.3, 0.4) is 0 Å². The summed E-state index contributed by atoms with van der Waals surface area (Å²) in [7, 11) is 0. The summed E-state index contributed by atoms with van der Waals surface area (Å²) < 4.78 is 9.74. The zero-order valence-corrected chi connectivity index (χ0v) is 31.4. The molecule has 0 bridgehead atoms. The first-order valence-electron chi connectivity index (χ1n) is 19.9. The standard InChI is InChI=1S/C54H34N4/c1-3-16-35(17-4-1)55-47-26-11-7-22-39(47)43-33-53-45(31-51(43)55)41-24-9-13-28-49(41)57(53)37-20-15-21-38(30-37)58-50-29-14-10-25-42(50)46-32-52-44(34-54(46)58)40-23-8-12-27-48(40)56(52)36-18-5-2-6-19-36/h1-34H. The normalized spacial score (nSPS) is 12.1. The minimum Gasteiger partial charge on any atom is -0.309 e. The van der Waals surface area contributed by atoms with E-state index in [4.69, 9.17) is 0 Å². The molecule has 270 valence electrons. The Hall–Kier alpha value is -7.82. The molecule has 13 aromatic rings. The van der Waals surface area contributed by atoms with Gasteiger partial charge < -0.3 is 18.3 Å². The maximum atomic E-state index is 2.46. The van der Waals surface area contributed by atoms with Crippen LogP contribution in [0, 0.1) is 0 Å². The molecule has 4 nitrogen and oxygen atoms in total.